The van der Waals surface area contributed by atoms with E-state index in [1.165, 1.54) is 17.5 Å². The van der Waals surface area contributed by atoms with Crippen LogP contribution in [-0.4, -0.2) is 42.0 Å². The molecule has 0 aromatic heterocycles. The molecule has 0 bridgehead atoms. The van der Waals surface area contributed by atoms with Crippen LogP contribution in [0, 0.1) is 5.41 Å². The van der Waals surface area contributed by atoms with Gasteiger partial charge in [-0.2, -0.15) is 0 Å². The molecule has 2 rings (SSSR count). The van der Waals surface area contributed by atoms with Crippen molar-refractivity contribution in [3.8, 4) is 0 Å². The predicted molar refractivity (Wildman–Crippen MR) is 170 cm³/mol. The Morgan fingerprint density at radius 3 is 1.86 bits per heavy atom. The van der Waals surface area contributed by atoms with Crippen molar-refractivity contribution in [3.63, 3.8) is 0 Å². The quantitative estimate of drug-likeness (QED) is 0.0849. The van der Waals surface area contributed by atoms with Crippen molar-refractivity contribution in [2.75, 3.05) is 13.2 Å². The minimum absolute atomic E-state index is 0.119. The normalized spacial score (nSPS) is 12.4. The number of carboxylic acids is 1. The largest absolute Gasteiger partial charge is 0.478 e. The summed E-state index contributed by atoms with van der Waals surface area (Å²) in [6.07, 6.45) is 3.07. The zero-order chi connectivity index (χ0) is 32.1. The molecule has 2 atom stereocenters. The molecule has 42 heavy (non-hydrogen) atoms. The lowest BCUT2D eigenvalue weighted by Crippen LogP contribution is -2.31. The van der Waals surface area contributed by atoms with Gasteiger partial charge in [0.15, 0.2) is 0 Å². The van der Waals surface area contributed by atoms with Gasteiger partial charge in [-0.05, 0) is 81.5 Å². The molecule has 0 heterocycles. The van der Waals surface area contributed by atoms with Gasteiger partial charge in [0, 0.05) is 0 Å². The number of aromatic carboxylic acids is 1. The van der Waals surface area contributed by atoms with Crippen molar-refractivity contribution in [1.82, 2.24) is 5.32 Å². The van der Waals surface area contributed by atoms with Crippen molar-refractivity contribution >= 4 is 23.7 Å². The molecule has 2 N–H and O–H groups in total. The second-order valence-corrected chi connectivity index (χ2v) is 10.8. The van der Waals surface area contributed by atoms with E-state index < -0.39 is 17.5 Å². The summed E-state index contributed by atoms with van der Waals surface area (Å²) in [6, 6.07) is 17.7. The monoisotopic (exact) mass is 584 g/mol. The van der Waals surface area contributed by atoms with Crippen molar-refractivity contribution in [2.24, 2.45) is 10.6 Å². The van der Waals surface area contributed by atoms with Crippen molar-refractivity contribution < 1.29 is 29.1 Å². The highest BCUT2D eigenvalue weighted by Gasteiger charge is 2.26. The Hall–Kier alpha value is -3.68. The maximum Gasteiger partial charge on any atom is 0.433 e. The molecule has 0 radical (unpaired) electrons. The third-order valence-corrected chi connectivity index (χ3v) is 7.16. The van der Waals surface area contributed by atoms with E-state index >= 15 is 0 Å². The van der Waals surface area contributed by atoms with Gasteiger partial charge in [-0.25, -0.2) is 9.59 Å². The van der Waals surface area contributed by atoms with Crippen molar-refractivity contribution in [3.05, 3.63) is 71.3 Å². The fourth-order valence-electron chi connectivity index (χ4n) is 3.06. The molecule has 2 aromatic carbocycles. The third-order valence-electron chi connectivity index (χ3n) is 7.16. The lowest BCUT2D eigenvalue weighted by molar-refractivity contribution is -0.153. The minimum Gasteiger partial charge on any atom is -0.478 e. The third kappa shape index (κ3) is 15.9. The van der Waals surface area contributed by atoms with Crippen LogP contribution in [-0.2, 0) is 14.4 Å². The molecule has 0 aliphatic heterocycles. The first-order valence-corrected chi connectivity index (χ1v) is 14.9. The zero-order valence-electron chi connectivity index (χ0n) is 27.0. The number of esters is 1. The number of benzene rings is 2. The molecular weight excluding hydrogens is 532 g/mol. The fraction of sp³-hybridized carbons (Fsp3) is 0.529. The number of rotatable bonds is 12. The molecule has 0 saturated carbocycles. The van der Waals surface area contributed by atoms with Crippen LogP contribution < -0.4 is 5.32 Å². The van der Waals surface area contributed by atoms with Gasteiger partial charge >= 0.3 is 18.0 Å². The SMILES string of the molecule is CC/C(C)=N\OC(=O)NCCOC(=O)C(C)(C)CC.CCC(C)c1ccc(C(=O)O)cc1.CCC(C)c1ccccc1. The Balaban J connectivity index is 0.000000633. The number of carbonyl (C=O) groups excluding carboxylic acids is 2. The van der Waals surface area contributed by atoms with Crippen molar-refractivity contribution in [1.29, 1.82) is 0 Å². The number of hydrogen-bond donors (Lipinski definition) is 2. The number of carboxylic acid groups (broad SMARTS) is 1. The summed E-state index contributed by atoms with van der Waals surface area (Å²) < 4.78 is 5.05. The Morgan fingerprint density at radius 2 is 1.40 bits per heavy atom. The van der Waals surface area contributed by atoms with E-state index in [0.29, 0.717) is 23.8 Å². The van der Waals surface area contributed by atoms with Gasteiger partial charge < -0.3 is 15.2 Å². The predicted octanol–water partition coefficient (Wildman–Crippen LogP) is 8.58. The van der Waals surface area contributed by atoms with Crippen LogP contribution in [0.15, 0.2) is 59.8 Å². The van der Waals surface area contributed by atoms with E-state index in [0.717, 1.165) is 18.6 Å². The first-order chi connectivity index (χ1) is 19.8. The minimum atomic E-state index is -0.865. The van der Waals surface area contributed by atoms with Gasteiger partial charge in [0.05, 0.1) is 23.2 Å². The summed E-state index contributed by atoms with van der Waals surface area (Å²) in [5.74, 6) is 0.0739. The molecule has 1 amide bonds. The van der Waals surface area contributed by atoms with E-state index in [1.807, 2.05) is 39.8 Å². The lowest BCUT2D eigenvalue weighted by Gasteiger charge is -2.20. The Morgan fingerprint density at radius 1 is 0.881 bits per heavy atom. The molecule has 0 saturated heterocycles. The zero-order valence-corrected chi connectivity index (χ0v) is 27.0. The first-order valence-electron chi connectivity index (χ1n) is 14.9. The summed E-state index contributed by atoms with van der Waals surface area (Å²) in [5, 5.41) is 14.7. The summed E-state index contributed by atoms with van der Waals surface area (Å²) in [6.45, 7) is 18.3. The van der Waals surface area contributed by atoms with E-state index in [-0.39, 0.29) is 19.1 Å². The van der Waals surface area contributed by atoms with Crippen molar-refractivity contribution in [2.45, 2.75) is 99.8 Å². The van der Waals surface area contributed by atoms with Crippen LogP contribution >= 0.6 is 0 Å². The maximum atomic E-state index is 11.6. The number of nitrogens with one attached hydrogen (secondary N) is 1. The van der Waals surface area contributed by atoms with Gasteiger partial charge in [0.25, 0.3) is 0 Å². The van der Waals surface area contributed by atoms with Crippen LogP contribution in [0.1, 0.15) is 121 Å². The summed E-state index contributed by atoms with van der Waals surface area (Å²) in [7, 11) is 0. The van der Waals surface area contributed by atoms with Crippen LogP contribution in [0.5, 0.6) is 0 Å². The molecule has 2 aromatic rings. The van der Waals surface area contributed by atoms with Gasteiger partial charge in [-0.15, -0.1) is 0 Å². The van der Waals surface area contributed by atoms with E-state index in [1.54, 1.807) is 19.1 Å². The van der Waals surface area contributed by atoms with E-state index in [2.05, 4.69) is 73.3 Å². The number of nitrogens with zero attached hydrogens (tertiary/aromatic N) is 1. The molecule has 234 valence electrons. The summed E-state index contributed by atoms with van der Waals surface area (Å²) in [5.41, 5.74) is 3.24. The first kappa shape index (κ1) is 38.3. The fourth-order valence-corrected chi connectivity index (χ4v) is 3.06. The van der Waals surface area contributed by atoms with Crippen LogP contribution in [0.25, 0.3) is 0 Å². The highest BCUT2D eigenvalue weighted by atomic mass is 16.7. The second kappa shape index (κ2) is 21.1. The molecule has 2 unspecified atom stereocenters. The molecular formula is C34H52N2O6. The molecule has 0 fully saturated rings. The number of carbonyl (C=O) groups is 3. The summed E-state index contributed by atoms with van der Waals surface area (Å²) in [4.78, 5) is 37.9. The second-order valence-electron chi connectivity index (χ2n) is 10.8. The van der Waals surface area contributed by atoms with E-state index in [4.69, 9.17) is 9.84 Å². The smallest absolute Gasteiger partial charge is 0.433 e. The highest BCUT2D eigenvalue weighted by Crippen LogP contribution is 2.21. The molecule has 0 spiro atoms. The molecule has 0 aliphatic rings. The number of oxime groups is 1. The van der Waals surface area contributed by atoms with E-state index in [9.17, 15) is 14.4 Å². The van der Waals surface area contributed by atoms with Gasteiger partial charge in [-0.1, -0.05) is 89.2 Å². The van der Waals surface area contributed by atoms with Gasteiger partial charge in [0.2, 0.25) is 0 Å². The van der Waals surface area contributed by atoms with Gasteiger partial charge in [0.1, 0.15) is 6.61 Å². The Kier molecular flexibility index (Phi) is 19.2. The Bertz CT molecular complexity index is 1080. The summed E-state index contributed by atoms with van der Waals surface area (Å²) >= 11 is 0. The molecule has 8 heteroatoms. The number of amides is 1. The molecule has 0 aliphatic carbocycles. The average molecular weight is 585 g/mol. The Labute approximate surface area is 252 Å². The highest BCUT2D eigenvalue weighted by molar-refractivity contribution is 5.87. The lowest BCUT2D eigenvalue weighted by atomic mass is 9.91. The number of hydrogen-bond acceptors (Lipinski definition) is 6. The van der Waals surface area contributed by atoms with Crippen LogP contribution in [0.2, 0.25) is 0 Å². The van der Waals surface area contributed by atoms with Gasteiger partial charge in [-0.3, -0.25) is 9.63 Å². The average Bonchev–Trinajstić information content (AvgIpc) is 3.01. The molecule has 8 nitrogen and oxygen atoms in total. The maximum absolute atomic E-state index is 11.6. The van der Waals surface area contributed by atoms with Crippen LogP contribution in [0.3, 0.4) is 0 Å². The topological polar surface area (TPSA) is 114 Å². The standard InChI is InChI=1S/C13H24N2O4.C11H14O2.C10H14/c1-6-10(3)15-19-12(17)14-8-9-18-11(16)13(4,5)7-2;1-3-8(2)9-4-6-10(7-5-9)11(12)13;1-3-9(2)10-7-5-4-6-8-10/h6-9H2,1-5H3,(H,14,17);4-8H,3H2,1-2H3,(H,12,13);4-9H,3H2,1-2H3/b15-10-;;. The number of ether oxygens (including phenoxy) is 1. The van der Waals surface area contributed by atoms with Crippen LogP contribution in [0.4, 0.5) is 4.79 Å².